The van der Waals surface area contributed by atoms with Crippen molar-refractivity contribution in [2.24, 2.45) is 10.9 Å². The van der Waals surface area contributed by atoms with Gasteiger partial charge in [-0.05, 0) is 31.7 Å². The Morgan fingerprint density at radius 2 is 2.10 bits per heavy atom. The number of hydrogen-bond acceptors (Lipinski definition) is 3. The molecule has 0 bridgehead atoms. The lowest BCUT2D eigenvalue weighted by Crippen LogP contribution is -2.34. The summed E-state index contributed by atoms with van der Waals surface area (Å²) >= 11 is 0. The van der Waals surface area contributed by atoms with Crippen LogP contribution in [0.15, 0.2) is 29.3 Å². The minimum atomic E-state index is -0.709. The van der Waals surface area contributed by atoms with Gasteiger partial charge in [-0.1, -0.05) is 29.8 Å². The Balaban J connectivity index is 1.63. The molecule has 1 saturated carbocycles. The number of aliphatic imine (C=N–C) groups is 1. The van der Waals surface area contributed by atoms with Crippen LogP contribution in [0.2, 0.25) is 0 Å². The van der Waals surface area contributed by atoms with Crippen molar-refractivity contribution in [2.45, 2.75) is 44.8 Å². The highest BCUT2D eigenvalue weighted by Crippen LogP contribution is 2.33. The molecule has 0 amide bonds. The summed E-state index contributed by atoms with van der Waals surface area (Å²) in [6, 6.07) is 8.49. The molecule has 1 aromatic rings. The maximum Gasteiger partial charge on any atom is 0.306 e. The largest absolute Gasteiger partial charge is 0.481 e. The lowest BCUT2D eigenvalue weighted by Gasteiger charge is -2.26. The van der Waals surface area contributed by atoms with E-state index in [9.17, 15) is 4.79 Å². The first-order valence-corrected chi connectivity index (χ1v) is 7.13. The number of hydrogen-bond donors (Lipinski definition) is 1. The Labute approximate surface area is 118 Å². The topological polar surface area (TPSA) is 58.9 Å². The van der Waals surface area contributed by atoms with Crippen LogP contribution in [0, 0.1) is 12.8 Å². The van der Waals surface area contributed by atoms with E-state index in [2.05, 4.69) is 36.2 Å². The molecule has 1 fully saturated rings. The molecule has 1 aliphatic heterocycles. The number of aliphatic carboxylic acids is 1. The summed E-state index contributed by atoms with van der Waals surface area (Å²) in [5.74, 6) is -0.223. The molecule has 3 unspecified atom stereocenters. The molecule has 4 heteroatoms. The average Bonchev–Trinajstić information content (AvgIpc) is 2.82. The van der Waals surface area contributed by atoms with Gasteiger partial charge in [0, 0.05) is 6.42 Å². The van der Waals surface area contributed by atoms with Gasteiger partial charge in [0.15, 0.2) is 5.90 Å². The van der Waals surface area contributed by atoms with Crippen LogP contribution in [-0.2, 0) is 16.0 Å². The van der Waals surface area contributed by atoms with E-state index in [0.29, 0.717) is 19.3 Å². The van der Waals surface area contributed by atoms with Crippen molar-refractivity contribution < 1.29 is 14.6 Å². The molecule has 1 heterocycles. The first-order valence-electron chi connectivity index (χ1n) is 7.13. The van der Waals surface area contributed by atoms with E-state index in [1.54, 1.807) is 0 Å². The third-order valence-corrected chi connectivity index (χ3v) is 4.18. The Hall–Kier alpha value is -1.84. The zero-order valence-electron chi connectivity index (χ0n) is 11.6. The smallest absolute Gasteiger partial charge is 0.306 e. The molecule has 106 valence electrons. The monoisotopic (exact) mass is 273 g/mol. The van der Waals surface area contributed by atoms with Crippen molar-refractivity contribution in [3.8, 4) is 0 Å². The summed E-state index contributed by atoms with van der Waals surface area (Å²) in [5, 5.41) is 9.09. The van der Waals surface area contributed by atoms with E-state index < -0.39 is 5.97 Å². The fourth-order valence-corrected chi connectivity index (χ4v) is 2.97. The second kappa shape index (κ2) is 5.27. The zero-order chi connectivity index (χ0) is 14.1. The fraction of sp³-hybridized carbons (Fsp3) is 0.500. The highest BCUT2D eigenvalue weighted by molar-refractivity contribution is 5.81. The van der Waals surface area contributed by atoms with Crippen LogP contribution in [0.25, 0.3) is 0 Å². The van der Waals surface area contributed by atoms with E-state index in [1.165, 1.54) is 11.1 Å². The SMILES string of the molecule is Cc1ccc(CC2=NC3CCC(C(=O)O)CC3O2)cc1. The average molecular weight is 273 g/mol. The minimum Gasteiger partial charge on any atom is -0.481 e. The molecule has 0 saturated heterocycles. The number of nitrogens with zero attached hydrogens (tertiary/aromatic N) is 1. The van der Waals surface area contributed by atoms with Crippen molar-refractivity contribution in [3.05, 3.63) is 35.4 Å². The van der Waals surface area contributed by atoms with Gasteiger partial charge in [-0.3, -0.25) is 4.79 Å². The van der Waals surface area contributed by atoms with E-state index in [4.69, 9.17) is 9.84 Å². The number of rotatable bonds is 3. The molecular weight excluding hydrogens is 254 g/mol. The maximum atomic E-state index is 11.1. The number of carbonyl (C=O) groups is 1. The highest BCUT2D eigenvalue weighted by Gasteiger charge is 2.39. The first-order chi connectivity index (χ1) is 9.61. The van der Waals surface area contributed by atoms with Gasteiger partial charge in [-0.25, -0.2) is 4.99 Å². The van der Waals surface area contributed by atoms with Crippen molar-refractivity contribution >= 4 is 11.9 Å². The van der Waals surface area contributed by atoms with Gasteiger partial charge >= 0.3 is 5.97 Å². The predicted octanol–water partition coefficient (Wildman–Crippen LogP) is 2.59. The Morgan fingerprint density at radius 3 is 2.80 bits per heavy atom. The normalized spacial score (nSPS) is 28.4. The number of ether oxygens (including phenoxy) is 1. The van der Waals surface area contributed by atoms with Gasteiger partial charge in [0.2, 0.25) is 0 Å². The maximum absolute atomic E-state index is 11.1. The molecule has 3 atom stereocenters. The van der Waals surface area contributed by atoms with Gasteiger partial charge in [0.1, 0.15) is 6.10 Å². The second-order valence-electron chi connectivity index (χ2n) is 5.76. The number of benzene rings is 1. The van der Waals surface area contributed by atoms with Crippen molar-refractivity contribution in [3.63, 3.8) is 0 Å². The Morgan fingerprint density at radius 1 is 1.35 bits per heavy atom. The summed E-state index contributed by atoms with van der Waals surface area (Å²) < 4.78 is 5.87. The first kappa shape index (κ1) is 13.2. The fourth-order valence-electron chi connectivity index (χ4n) is 2.97. The summed E-state index contributed by atoms with van der Waals surface area (Å²) in [4.78, 5) is 15.7. The molecule has 0 radical (unpaired) electrons. The Kier molecular flexibility index (Phi) is 3.47. The lowest BCUT2D eigenvalue weighted by atomic mass is 9.84. The molecule has 1 aliphatic carbocycles. The Bertz CT molecular complexity index is 535. The molecule has 2 aliphatic rings. The molecule has 1 aromatic carbocycles. The van der Waals surface area contributed by atoms with Crippen LogP contribution in [0.5, 0.6) is 0 Å². The third-order valence-electron chi connectivity index (χ3n) is 4.18. The van der Waals surface area contributed by atoms with E-state index in [0.717, 1.165) is 12.3 Å². The predicted molar refractivity (Wildman–Crippen MR) is 76.0 cm³/mol. The van der Waals surface area contributed by atoms with Crippen molar-refractivity contribution in [1.29, 1.82) is 0 Å². The van der Waals surface area contributed by atoms with Gasteiger partial charge in [-0.2, -0.15) is 0 Å². The molecule has 1 N–H and O–H groups in total. The molecule has 0 spiro atoms. The molecule has 3 rings (SSSR count). The highest BCUT2D eigenvalue weighted by atomic mass is 16.5. The summed E-state index contributed by atoms with van der Waals surface area (Å²) in [6.45, 7) is 2.06. The van der Waals surface area contributed by atoms with Gasteiger partial charge < -0.3 is 9.84 Å². The third kappa shape index (κ3) is 2.69. The number of carboxylic acid groups (broad SMARTS) is 1. The van der Waals surface area contributed by atoms with Gasteiger partial charge in [0.25, 0.3) is 0 Å². The van der Waals surface area contributed by atoms with Crippen LogP contribution in [0.4, 0.5) is 0 Å². The quantitative estimate of drug-likeness (QED) is 0.920. The number of carboxylic acids is 1. The standard InChI is InChI=1S/C16H19NO3/c1-10-2-4-11(5-3-10)8-15-17-13-7-6-12(16(18)19)9-14(13)20-15/h2-5,12-14H,6-9H2,1H3,(H,18,19). The number of fused-ring (bicyclic) bond motifs is 1. The molecule has 0 aromatic heterocycles. The molecule has 20 heavy (non-hydrogen) atoms. The lowest BCUT2D eigenvalue weighted by molar-refractivity contribution is -0.143. The zero-order valence-corrected chi connectivity index (χ0v) is 11.6. The van der Waals surface area contributed by atoms with Crippen LogP contribution in [0.3, 0.4) is 0 Å². The van der Waals surface area contributed by atoms with Crippen molar-refractivity contribution in [1.82, 2.24) is 0 Å². The second-order valence-corrected chi connectivity index (χ2v) is 5.76. The van der Waals surface area contributed by atoms with E-state index in [-0.39, 0.29) is 18.1 Å². The van der Waals surface area contributed by atoms with E-state index >= 15 is 0 Å². The molecule has 4 nitrogen and oxygen atoms in total. The van der Waals surface area contributed by atoms with Crippen LogP contribution in [0.1, 0.15) is 30.4 Å². The van der Waals surface area contributed by atoms with Crippen LogP contribution in [-0.4, -0.2) is 29.1 Å². The van der Waals surface area contributed by atoms with Gasteiger partial charge in [0.05, 0.1) is 12.0 Å². The summed E-state index contributed by atoms with van der Waals surface area (Å²) in [7, 11) is 0. The summed E-state index contributed by atoms with van der Waals surface area (Å²) in [5.41, 5.74) is 2.42. The van der Waals surface area contributed by atoms with Gasteiger partial charge in [-0.15, -0.1) is 0 Å². The summed E-state index contributed by atoms with van der Waals surface area (Å²) in [6.07, 6.45) is 2.77. The van der Waals surface area contributed by atoms with Crippen LogP contribution >= 0.6 is 0 Å². The minimum absolute atomic E-state index is 0.0368. The molecular formula is C16H19NO3. The van der Waals surface area contributed by atoms with E-state index in [1.807, 2.05) is 0 Å². The van der Waals surface area contributed by atoms with Crippen LogP contribution < -0.4 is 0 Å². The number of aryl methyl sites for hydroxylation is 1. The van der Waals surface area contributed by atoms with Crippen molar-refractivity contribution in [2.75, 3.05) is 0 Å².